The molecule has 0 fully saturated rings. The largest absolute Gasteiger partial charge is 1.00 e. The first kappa shape index (κ1) is 35.1. The predicted molar refractivity (Wildman–Crippen MR) is 95.6 cm³/mol. The number of aliphatic carboxylic acids is 2. The molecule has 150 valence electrons. The van der Waals surface area contributed by atoms with Gasteiger partial charge in [-0.1, -0.05) is 65.0 Å². The van der Waals surface area contributed by atoms with E-state index in [4.69, 9.17) is 19.8 Å². The van der Waals surface area contributed by atoms with Crippen LogP contribution >= 0.6 is 0 Å². The number of carbonyl (C=O) groups excluding carboxylic acids is 2. The third kappa shape index (κ3) is 19.9. The SMILES string of the molecule is C=C[Si](C)(CC)CC.C=C[Si](C)(CC)CC.O=C([O-])C(=O)[O-].[Cu+].[Cu+]. The zero-order chi connectivity index (χ0) is 18.4. The number of carboxylic acid groups (broad SMARTS) is 2. The fraction of sp³-hybridized carbons (Fsp3) is 0.625. The molecular formula is C16H32Cu2O4Si2. The van der Waals surface area contributed by atoms with Crippen LogP contribution in [-0.2, 0) is 43.7 Å². The van der Waals surface area contributed by atoms with Gasteiger partial charge < -0.3 is 19.8 Å². The second-order valence-corrected chi connectivity index (χ2v) is 16.0. The Labute approximate surface area is 171 Å². The van der Waals surface area contributed by atoms with Crippen LogP contribution in [0.15, 0.2) is 24.6 Å². The monoisotopic (exact) mass is 470 g/mol. The molecule has 0 aromatic carbocycles. The van der Waals surface area contributed by atoms with Crippen LogP contribution in [-0.4, -0.2) is 28.1 Å². The Morgan fingerprint density at radius 1 is 0.750 bits per heavy atom. The van der Waals surface area contributed by atoms with E-state index in [1.54, 1.807) is 0 Å². The fourth-order valence-electron chi connectivity index (χ4n) is 1.08. The van der Waals surface area contributed by atoms with Crippen molar-refractivity contribution in [1.29, 1.82) is 0 Å². The van der Waals surface area contributed by atoms with Crippen molar-refractivity contribution in [2.75, 3.05) is 0 Å². The summed E-state index contributed by atoms with van der Waals surface area (Å²) in [5, 5.41) is 17.9. The summed E-state index contributed by atoms with van der Waals surface area (Å²) in [7, 11) is -1.81. The van der Waals surface area contributed by atoms with Crippen molar-refractivity contribution in [3.8, 4) is 0 Å². The predicted octanol–water partition coefficient (Wildman–Crippen LogP) is 2.14. The second kappa shape index (κ2) is 19.2. The van der Waals surface area contributed by atoms with Crippen molar-refractivity contribution in [2.45, 2.75) is 65.0 Å². The zero-order valence-corrected chi connectivity index (χ0v) is 19.5. The van der Waals surface area contributed by atoms with Crippen molar-refractivity contribution >= 4 is 28.1 Å². The van der Waals surface area contributed by atoms with Crippen LogP contribution in [0.5, 0.6) is 0 Å². The van der Waals surface area contributed by atoms with Gasteiger partial charge in [0.25, 0.3) is 0 Å². The van der Waals surface area contributed by atoms with Crippen LogP contribution in [0.25, 0.3) is 0 Å². The molecule has 0 aromatic heterocycles. The Balaban J connectivity index is -0.0000000730. The third-order valence-electron chi connectivity index (χ3n) is 4.38. The number of carbonyl (C=O) groups is 2. The van der Waals surface area contributed by atoms with Gasteiger partial charge in [-0.3, -0.25) is 0 Å². The molecule has 0 amide bonds. The first-order chi connectivity index (χ1) is 10.0. The molecule has 4 nitrogen and oxygen atoms in total. The summed E-state index contributed by atoms with van der Waals surface area (Å²) >= 11 is 0. The minimum absolute atomic E-state index is 0. The summed E-state index contributed by atoms with van der Waals surface area (Å²) in [5.41, 5.74) is 4.38. The summed E-state index contributed by atoms with van der Waals surface area (Å²) in [6, 6.07) is 5.36. The van der Waals surface area contributed by atoms with Gasteiger partial charge in [0.05, 0.1) is 28.1 Å². The van der Waals surface area contributed by atoms with Crippen molar-refractivity contribution in [1.82, 2.24) is 0 Å². The van der Waals surface area contributed by atoms with Gasteiger partial charge in [0.2, 0.25) is 0 Å². The Bertz CT molecular complexity index is 322. The first-order valence-corrected chi connectivity index (χ1v) is 13.7. The van der Waals surface area contributed by atoms with E-state index in [1.165, 1.54) is 24.2 Å². The molecular weight excluding hydrogens is 439 g/mol. The van der Waals surface area contributed by atoms with Crippen molar-refractivity contribution in [3.05, 3.63) is 24.6 Å². The van der Waals surface area contributed by atoms with Crippen molar-refractivity contribution < 1.29 is 53.9 Å². The van der Waals surface area contributed by atoms with Crippen molar-refractivity contribution in [3.63, 3.8) is 0 Å². The maximum Gasteiger partial charge on any atom is 1.00 e. The summed E-state index contributed by atoms with van der Waals surface area (Å²) < 4.78 is 0. The molecule has 0 heterocycles. The molecule has 0 atom stereocenters. The van der Waals surface area contributed by atoms with Gasteiger partial charge in [0, 0.05) is 0 Å². The summed E-state index contributed by atoms with van der Waals surface area (Å²) in [4.78, 5) is 17.9. The number of rotatable bonds is 6. The third-order valence-corrected chi connectivity index (χ3v) is 12.8. The average molecular weight is 472 g/mol. The van der Waals surface area contributed by atoms with E-state index in [-0.39, 0.29) is 34.1 Å². The van der Waals surface area contributed by atoms with Crippen LogP contribution in [0, 0.1) is 0 Å². The Morgan fingerprint density at radius 2 is 0.917 bits per heavy atom. The summed E-state index contributed by atoms with van der Waals surface area (Å²) in [6.07, 6.45) is 0. The van der Waals surface area contributed by atoms with Crippen LogP contribution in [0.4, 0.5) is 0 Å². The Kier molecular flexibility index (Phi) is 28.1. The molecule has 0 unspecified atom stereocenters. The molecule has 0 aliphatic heterocycles. The van der Waals surface area contributed by atoms with Crippen LogP contribution in [0.1, 0.15) is 27.7 Å². The molecule has 0 aliphatic rings. The van der Waals surface area contributed by atoms with Gasteiger partial charge in [-0.15, -0.1) is 24.6 Å². The van der Waals surface area contributed by atoms with Crippen LogP contribution in [0.2, 0.25) is 37.3 Å². The van der Waals surface area contributed by atoms with Gasteiger partial charge >= 0.3 is 34.1 Å². The molecule has 0 spiro atoms. The number of hydrogen-bond acceptors (Lipinski definition) is 4. The molecule has 0 rings (SSSR count). The molecule has 8 heteroatoms. The minimum atomic E-state index is -2.19. The van der Waals surface area contributed by atoms with Crippen LogP contribution < -0.4 is 10.2 Å². The zero-order valence-electron chi connectivity index (χ0n) is 15.6. The van der Waals surface area contributed by atoms with Crippen LogP contribution in [0.3, 0.4) is 0 Å². The maximum absolute atomic E-state index is 8.93. The van der Waals surface area contributed by atoms with Gasteiger partial charge in [-0.05, 0) is 0 Å². The average Bonchev–Trinajstić information content (AvgIpc) is 2.54. The molecule has 0 N–H and O–H groups in total. The van der Waals surface area contributed by atoms with E-state index in [1.807, 2.05) is 0 Å². The normalized spacial score (nSPS) is 9.42. The molecule has 0 saturated carbocycles. The molecule has 0 radical (unpaired) electrons. The topological polar surface area (TPSA) is 80.3 Å². The van der Waals surface area contributed by atoms with Gasteiger partial charge in [0.15, 0.2) is 0 Å². The van der Waals surface area contributed by atoms with E-state index in [9.17, 15) is 0 Å². The summed E-state index contributed by atoms with van der Waals surface area (Å²) in [6.45, 7) is 21.5. The molecule has 0 aliphatic carbocycles. The minimum Gasteiger partial charge on any atom is -0.543 e. The summed E-state index contributed by atoms with van der Waals surface area (Å²) in [5.74, 6) is -4.37. The van der Waals surface area contributed by atoms with E-state index in [2.05, 4.69) is 65.3 Å². The van der Waals surface area contributed by atoms with Crippen molar-refractivity contribution in [2.24, 2.45) is 0 Å². The van der Waals surface area contributed by atoms with Gasteiger partial charge in [-0.2, -0.15) is 0 Å². The second-order valence-electron chi connectivity index (χ2n) is 5.71. The molecule has 0 saturated heterocycles. The molecule has 0 bridgehead atoms. The first-order valence-electron chi connectivity index (χ1n) is 7.70. The maximum atomic E-state index is 8.93. The van der Waals surface area contributed by atoms with E-state index >= 15 is 0 Å². The number of hydrogen-bond donors (Lipinski definition) is 0. The van der Waals surface area contributed by atoms with Gasteiger partial charge in [0.1, 0.15) is 0 Å². The van der Waals surface area contributed by atoms with E-state index in [0.717, 1.165) is 0 Å². The quantitative estimate of drug-likeness (QED) is 0.439. The smallest absolute Gasteiger partial charge is 0.543 e. The Hall–Kier alpha value is -0.107. The van der Waals surface area contributed by atoms with Gasteiger partial charge in [-0.25, -0.2) is 0 Å². The number of carboxylic acids is 2. The Morgan fingerprint density at radius 3 is 0.917 bits per heavy atom. The molecule has 24 heavy (non-hydrogen) atoms. The molecule has 0 aromatic rings. The fourth-order valence-corrected chi connectivity index (χ4v) is 3.23. The van der Waals surface area contributed by atoms with E-state index in [0.29, 0.717) is 0 Å². The van der Waals surface area contributed by atoms with E-state index < -0.39 is 28.1 Å². The standard InChI is InChI=1S/2C7H16Si.C2H2O4.2Cu/c2*1-5-8(4,6-2)7-3;3-1(4)2(5)6;;/h2*5H,1,6-7H2,2-4H3;(H,3,4)(H,5,6);;/q;;;2*+1/p-2.